The molecule has 22 heavy (non-hydrogen) atoms. The van der Waals surface area contributed by atoms with Crippen molar-refractivity contribution in [3.63, 3.8) is 0 Å². The lowest BCUT2D eigenvalue weighted by Gasteiger charge is -2.33. The van der Waals surface area contributed by atoms with Gasteiger partial charge in [-0.3, -0.25) is 14.7 Å². The van der Waals surface area contributed by atoms with Crippen LogP contribution in [0.3, 0.4) is 0 Å². The van der Waals surface area contributed by atoms with Gasteiger partial charge in [-0.2, -0.15) is 0 Å². The van der Waals surface area contributed by atoms with Crippen molar-refractivity contribution in [1.82, 2.24) is 10.2 Å². The Morgan fingerprint density at radius 3 is 2.36 bits per heavy atom. The molecule has 1 heterocycles. The number of nitrogens with zero attached hydrogens (tertiary/aromatic N) is 1. The molecular formula is C18H22N2O2. The SMILES string of the molecule is CC1CNCCN1Cc1ccc(OOc2ccccc2)cc1. The molecule has 0 radical (unpaired) electrons. The van der Waals surface area contributed by atoms with E-state index in [1.54, 1.807) is 0 Å². The van der Waals surface area contributed by atoms with Gasteiger partial charge in [0.05, 0.1) is 0 Å². The van der Waals surface area contributed by atoms with E-state index in [1.807, 2.05) is 42.5 Å². The number of hydrogen-bond donors (Lipinski definition) is 1. The van der Waals surface area contributed by atoms with Crippen molar-refractivity contribution in [3.8, 4) is 11.5 Å². The Morgan fingerprint density at radius 2 is 1.68 bits per heavy atom. The van der Waals surface area contributed by atoms with E-state index in [1.165, 1.54) is 5.56 Å². The van der Waals surface area contributed by atoms with Crippen molar-refractivity contribution in [2.24, 2.45) is 0 Å². The lowest BCUT2D eigenvalue weighted by molar-refractivity contribution is -0.0999. The minimum Gasteiger partial charge on any atom is -0.314 e. The van der Waals surface area contributed by atoms with Gasteiger partial charge in [0.25, 0.3) is 0 Å². The van der Waals surface area contributed by atoms with E-state index < -0.39 is 0 Å². The first-order valence-corrected chi connectivity index (χ1v) is 7.74. The largest absolute Gasteiger partial charge is 0.314 e. The Bertz CT molecular complexity index is 571. The third kappa shape index (κ3) is 4.00. The van der Waals surface area contributed by atoms with Gasteiger partial charge < -0.3 is 5.32 Å². The zero-order valence-corrected chi connectivity index (χ0v) is 12.9. The second-order valence-corrected chi connectivity index (χ2v) is 5.65. The highest BCUT2D eigenvalue weighted by Gasteiger charge is 2.17. The normalized spacial score (nSPS) is 18.9. The summed E-state index contributed by atoms with van der Waals surface area (Å²) in [6.07, 6.45) is 0. The summed E-state index contributed by atoms with van der Waals surface area (Å²) in [6.45, 7) is 6.46. The zero-order chi connectivity index (χ0) is 15.2. The van der Waals surface area contributed by atoms with Crippen molar-refractivity contribution >= 4 is 0 Å². The van der Waals surface area contributed by atoms with Crippen LogP contribution in [-0.2, 0) is 6.54 Å². The summed E-state index contributed by atoms with van der Waals surface area (Å²) in [4.78, 5) is 13.1. The molecule has 0 saturated carbocycles. The average molecular weight is 298 g/mol. The summed E-state index contributed by atoms with van der Waals surface area (Å²) in [5.41, 5.74) is 1.29. The highest BCUT2D eigenvalue weighted by molar-refractivity contribution is 5.27. The summed E-state index contributed by atoms with van der Waals surface area (Å²) >= 11 is 0. The number of piperazine rings is 1. The molecule has 2 aromatic carbocycles. The Morgan fingerprint density at radius 1 is 1.00 bits per heavy atom. The number of nitrogens with one attached hydrogen (secondary N) is 1. The molecular weight excluding hydrogens is 276 g/mol. The Balaban J connectivity index is 1.53. The van der Waals surface area contributed by atoms with Gasteiger partial charge in [0, 0.05) is 32.2 Å². The Hall–Kier alpha value is -2.04. The van der Waals surface area contributed by atoms with Gasteiger partial charge in [0.15, 0.2) is 11.5 Å². The molecule has 0 aliphatic carbocycles. The van der Waals surface area contributed by atoms with Gasteiger partial charge in [-0.05, 0) is 36.8 Å². The third-order valence-electron chi connectivity index (χ3n) is 3.93. The molecule has 1 saturated heterocycles. The van der Waals surface area contributed by atoms with Crippen LogP contribution < -0.4 is 15.1 Å². The monoisotopic (exact) mass is 298 g/mol. The van der Waals surface area contributed by atoms with Crippen LogP contribution in [0.5, 0.6) is 11.5 Å². The van der Waals surface area contributed by atoms with Crippen molar-refractivity contribution in [2.75, 3.05) is 19.6 Å². The topological polar surface area (TPSA) is 33.7 Å². The van der Waals surface area contributed by atoms with E-state index in [9.17, 15) is 0 Å². The molecule has 1 atom stereocenters. The molecule has 4 nitrogen and oxygen atoms in total. The minimum atomic E-state index is 0.575. The van der Waals surface area contributed by atoms with E-state index >= 15 is 0 Å². The van der Waals surface area contributed by atoms with Crippen LogP contribution in [0.4, 0.5) is 0 Å². The molecule has 1 unspecified atom stereocenters. The van der Waals surface area contributed by atoms with Crippen LogP contribution >= 0.6 is 0 Å². The highest BCUT2D eigenvalue weighted by Crippen LogP contribution is 2.17. The molecule has 4 heteroatoms. The van der Waals surface area contributed by atoms with Gasteiger partial charge in [0.2, 0.25) is 0 Å². The van der Waals surface area contributed by atoms with Gasteiger partial charge in [-0.25, -0.2) is 0 Å². The molecule has 0 spiro atoms. The molecule has 1 aliphatic rings. The zero-order valence-electron chi connectivity index (χ0n) is 12.9. The summed E-state index contributed by atoms with van der Waals surface area (Å²) < 4.78 is 0. The first kappa shape index (κ1) is 14.9. The first-order chi connectivity index (χ1) is 10.8. The standard InChI is InChI=1S/C18H22N2O2/c1-15-13-19-11-12-20(15)14-16-7-9-18(10-8-16)22-21-17-5-3-2-4-6-17/h2-10,15,19H,11-14H2,1H3. The predicted molar refractivity (Wildman–Crippen MR) is 86.9 cm³/mol. The smallest absolute Gasteiger partial charge is 0.178 e. The van der Waals surface area contributed by atoms with Crippen LogP contribution in [-0.4, -0.2) is 30.6 Å². The second kappa shape index (κ2) is 7.29. The third-order valence-corrected chi connectivity index (χ3v) is 3.93. The number of benzene rings is 2. The van der Waals surface area contributed by atoms with Crippen LogP contribution in [0, 0.1) is 0 Å². The summed E-state index contributed by atoms with van der Waals surface area (Å²) in [7, 11) is 0. The van der Waals surface area contributed by atoms with E-state index in [2.05, 4.69) is 29.3 Å². The lowest BCUT2D eigenvalue weighted by Crippen LogP contribution is -2.49. The molecule has 1 N–H and O–H groups in total. The van der Waals surface area contributed by atoms with Crippen LogP contribution in [0.1, 0.15) is 12.5 Å². The van der Waals surface area contributed by atoms with E-state index in [0.29, 0.717) is 17.5 Å². The second-order valence-electron chi connectivity index (χ2n) is 5.65. The molecule has 0 bridgehead atoms. The van der Waals surface area contributed by atoms with Crippen molar-refractivity contribution in [2.45, 2.75) is 19.5 Å². The molecule has 0 aromatic heterocycles. The fraction of sp³-hybridized carbons (Fsp3) is 0.333. The number of para-hydroxylation sites is 1. The Kier molecular flexibility index (Phi) is 4.93. The van der Waals surface area contributed by atoms with Crippen LogP contribution in [0.25, 0.3) is 0 Å². The molecule has 1 aliphatic heterocycles. The number of hydrogen-bond acceptors (Lipinski definition) is 4. The Labute approximate surface area is 131 Å². The molecule has 3 rings (SSSR count). The van der Waals surface area contributed by atoms with Gasteiger partial charge in [-0.15, -0.1) is 0 Å². The van der Waals surface area contributed by atoms with Crippen molar-refractivity contribution in [3.05, 3.63) is 60.2 Å². The van der Waals surface area contributed by atoms with E-state index in [-0.39, 0.29) is 0 Å². The maximum atomic E-state index is 5.33. The van der Waals surface area contributed by atoms with E-state index in [0.717, 1.165) is 26.2 Å². The van der Waals surface area contributed by atoms with Crippen LogP contribution in [0.2, 0.25) is 0 Å². The molecule has 116 valence electrons. The fourth-order valence-electron chi connectivity index (χ4n) is 2.58. The quantitative estimate of drug-likeness (QED) is 0.680. The van der Waals surface area contributed by atoms with Crippen molar-refractivity contribution < 1.29 is 9.78 Å². The van der Waals surface area contributed by atoms with Gasteiger partial charge >= 0.3 is 0 Å². The predicted octanol–water partition coefficient (Wildman–Crippen LogP) is 2.85. The summed E-state index contributed by atoms with van der Waals surface area (Å²) in [5.74, 6) is 1.40. The summed E-state index contributed by atoms with van der Waals surface area (Å²) in [6, 6.07) is 18.2. The van der Waals surface area contributed by atoms with Gasteiger partial charge in [-0.1, -0.05) is 30.3 Å². The number of rotatable bonds is 5. The molecule has 1 fully saturated rings. The lowest BCUT2D eigenvalue weighted by atomic mass is 10.1. The average Bonchev–Trinajstić information content (AvgIpc) is 2.57. The maximum Gasteiger partial charge on any atom is 0.178 e. The maximum absolute atomic E-state index is 5.33. The fourth-order valence-corrected chi connectivity index (χ4v) is 2.58. The summed E-state index contributed by atoms with van der Waals surface area (Å²) in [5, 5.41) is 3.41. The highest BCUT2D eigenvalue weighted by atomic mass is 17.2. The first-order valence-electron chi connectivity index (χ1n) is 7.74. The van der Waals surface area contributed by atoms with Gasteiger partial charge in [0.1, 0.15) is 0 Å². The van der Waals surface area contributed by atoms with Crippen LogP contribution in [0.15, 0.2) is 54.6 Å². The van der Waals surface area contributed by atoms with E-state index in [4.69, 9.17) is 9.78 Å². The molecule has 2 aromatic rings. The minimum absolute atomic E-state index is 0.575. The van der Waals surface area contributed by atoms with Crippen molar-refractivity contribution in [1.29, 1.82) is 0 Å². The molecule has 0 amide bonds.